The number of rotatable bonds is 7. The first-order chi connectivity index (χ1) is 12.7. The van der Waals surface area contributed by atoms with E-state index in [2.05, 4.69) is 40.4 Å². The smallest absolute Gasteiger partial charge is 0.191 e. The van der Waals surface area contributed by atoms with Gasteiger partial charge in [-0.05, 0) is 62.6 Å². The van der Waals surface area contributed by atoms with E-state index in [0.717, 1.165) is 37.9 Å². The van der Waals surface area contributed by atoms with E-state index >= 15 is 0 Å². The van der Waals surface area contributed by atoms with E-state index in [1.165, 1.54) is 56.3 Å². The van der Waals surface area contributed by atoms with Crippen LogP contribution in [0.25, 0.3) is 0 Å². The van der Waals surface area contributed by atoms with Crippen molar-refractivity contribution in [3.05, 3.63) is 29.6 Å². The molecule has 3 rings (SSSR count). The molecule has 152 valence electrons. The molecule has 0 radical (unpaired) electrons. The molecule has 1 saturated carbocycles. The first-order valence-corrected chi connectivity index (χ1v) is 10.4. The quantitative estimate of drug-likeness (QED) is 0.353. The van der Waals surface area contributed by atoms with Crippen molar-refractivity contribution in [3.8, 4) is 0 Å². The molecule has 2 heterocycles. The van der Waals surface area contributed by atoms with Crippen molar-refractivity contribution in [2.24, 2.45) is 10.9 Å². The molecule has 1 aromatic rings. The molecule has 0 spiro atoms. The standard InChI is InChI=1S/C21H35N5.HI/c1-3-23-21(24-12-9-19-8-11-22-14-17(19)2)25-20-10-13-26(16-20)15-18-6-4-5-7-18;/h8,11,14,18,20H,3-7,9-10,12-13,15-16H2,1-2H3,(H2,23,24,25);1H. The molecule has 2 fully saturated rings. The molecule has 1 aromatic heterocycles. The summed E-state index contributed by atoms with van der Waals surface area (Å²) in [6, 6.07) is 2.63. The Kier molecular flexibility index (Phi) is 9.82. The molecule has 0 amide bonds. The molecule has 1 unspecified atom stereocenters. The highest BCUT2D eigenvalue weighted by Gasteiger charge is 2.26. The summed E-state index contributed by atoms with van der Waals surface area (Å²) in [5.41, 5.74) is 2.59. The lowest BCUT2D eigenvalue weighted by Gasteiger charge is -2.21. The molecule has 1 aliphatic carbocycles. The average molecular weight is 485 g/mol. The van der Waals surface area contributed by atoms with Gasteiger partial charge in [0, 0.05) is 51.2 Å². The average Bonchev–Trinajstić information content (AvgIpc) is 3.29. The molecular formula is C21H36IN5. The second-order valence-electron chi connectivity index (χ2n) is 7.85. The summed E-state index contributed by atoms with van der Waals surface area (Å²) in [6.07, 6.45) is 11.7. The second-order valence-corrected chi connectivity index (χ2v) is 7.85. The number of aliphatic imine (C=N–C) groups is 1. The summed E-state index contributed by atoms with van der Waals surface area (Å²) in [4.78, 5) is 11.6. The van der Waals surface area contributed by atoms with E-state index in [0.29, 0.717) is 6.04 Å². The Morgan fingerprint density at radius 1 is 1.30 bits per heavy atom. The topological polar surface area (TPSA) is 52.6 Å². The number of nitrogens with zero attached hydrogens (tertiary/aromatic N) is 3. The van der Waals surface area contributed by atoms with Gasteiger partial charge in [-0.15, -0.1) is 24.0 Å². The Morgan fingerprint density at radius 3 is 2.85 bits per heavy atom. The molecule has 2 aliphatic rings. The Labute approximate surface area is 181 Å². The van der Waals surface area contributed by atoms with E-state index < -0.39 is 0 Å². The van der Waals surface area contributed by atoms with Crippen LogP contribution in [0.4, 0.5) is 0 Å². The minimum Gasteiger partial charge on any atom is -0.357 e. The number of aromatic nitrogens is 1. The van der Waals surface area contributed by atoms with Gasteiger partial charge in [0.15, 0.2) is 5.96 Å². The normalized spacial score (nSPS) is 21.3. The fourth-order valence-corrected chi connectivity index (χ4v) is 4.26. The van der Waals surface area contributed by atoms with Crippen molar-refractivity contribution in [1.82, 2.24) is 20.5 Å². The van der Waals surface area contributed by atoms with Crippen LogP contribution in [0.2, 0.25) is 0 Å². The molecule has 5 nitrogen and oxygen atoms in total. The number of pyridine rings is 1. The monoisotopic (exact) mass is 485 g/mol. The molecule has 1 atom stereocenters. The SMILES string of the molecule is CCNC(=NCCc1ccncc1C)NC1CCN(CC2CCCC2)C1.I. The number of nitrogens with one attached hydrogen (secondary N) is 2. The van der Waals surface area contributed by atoms with E-state index in [4.69, 9.17) is 4.99 Å². The van der Waals surface area contributed by atoms with Gasteiger partial charge in [-0.25, -0.2) is 0 Å². The van der Waals surface area contributed by atoms with Crippen LogP contribution < -0.4 is 10.6 Å². The number of likely N-dealkylation sites (tertiary alicyclic amines) is 1. The van der Waals surface area contributed by atoms with Gasteiger partial charge >= 0.3 is 0 Å². The number of guanidine groups is 1. The maximum atomic E-state index is 4.80. The molecule has 1 saturated heterocycles. The lowest BCUT2D eigenvalue weighted by Crippen LogP contribution is -2.45. The lowest BCUT2D eigenvalue weighted by atomic mass is 10.1. The number of hydrogen-bond donors (Lipinski definition) is 2. The van der Waals surface area contributed by atoms with E-state index in [1.54, 1.807) is 0 Å². The zero-order valence-electron chi connectivity index (χ0n) is 16.9. The Balaban J connectivity index is 0.00000261. The number of aryl methyl sites for hydroxylation is 1. The largest absolute Gasteiger partial charge is 0.357 e. The maximum Gasteiger partial charge on any atom is 0.191 e. The summed E-state index contributed by atoms with van der Waals surface area (Å²) in [5.74, 6) is 1.91. The fourth-order valence-electron chi connectivity index (χ4n) is 4.26. The van der Waals surface area contributed by atoms with E-state index in [-0.39, 0.29) is 24.0 Å². The van der Waals surface area contributed by atoms with Gasteiger partial charge in [-0.2, -0.15) is 0 Å². The van der Waals surface area contributed by atoms with Gasteiger partial charge in [0.2, 0.25) is 0 Å². The van der Waals surface area contributed by atoms with Crippen molar-refractivity contribution in [2.45, 2.75) is 58.4 Å². The maximum absolute atomic E-state index is 4.80. The highest BCUT2D eigenvalue weighted by Crippen LogP contribution is 2.26. The fraction of sp³-hybridized carbons (Fsp3) is 0.714. The van der Waals surface area contributed by atoms with Crippen molar-refractivity contribution in [2.75, 3.05) is 32.7 Å². The minimum atomic E-state index is 0. The van der Waals surface area contributed by atoms with Gasteiger partial charge in [0.05, 0.1) is 0 Å². The van der Waals surface area contributed by atoms with Gasteiger partial charge in [-0.3, -0.25) is 9.98 Å². The zero-order valence-corrected chi connectivity index (χ0v) is 19.2. The summed E-state index contributed by atoms with van der Waals surface area (Å²) in [5, 5.41) is 7.06. The van der Waals surface area contributed by atoms with Crippen molar-refractivity contribution in [3.63, 3.8) is 0 Å². The number of halogens is 1. The summed E-state index contributed by atoms with van der Waals surface area (Å²) >= 11 is 0. The minimum absolute atomic E-state index is 0. The lowest BCUT2D eigenvalue weighted by molar-refractivity contribution is 0.275. The van der Waals surface area contributed by atoms with Crippen molar-refractivity contribution >= 4 is 29.9 Å². The molecule has 6 heteroatoms. The molecular weight excluding hydrogens is 449 g/mol. The highest BCUT2D eigenvalue weighted by atomic mass is 127. The van der Waals surface area contributed by atoms with Crippen LogP contribution in [-0.2, 0) is 6.42 Å². The van der Waals surface area contributed by atoms with Gasteiger partial charge in [-0.1, -0.05) is 12.8 Å². The number of hydrogen-bond acceptors (Lipinski definition) is 3. The predicted molar refractivity (Wildman–Crippen MR) is 124 cm³/mol. The molecule has 0 aromatic carbocycles. The van der Waals surface area contributed by atoms with Crippen LogP contribution in [0, 0.1) is 12.8 Å². The Hall–Kier alpha value is -0.890. The molecule has 2 N–H and O–H groups in total. The third-order valence-electron chi connectivity index (χ3n) is 5.74. The van der Waals surface area contributed by atoms with Crippen LogP contribution >= 0.6 is 24.0 Å². The van der Waals surface area contributed by atoms with Crippen LogP contribution in [0.15, 0.2) is 23.5 Å². The third kappa shape index (κ3) is 7.22. The third-order valence-corrected chi connectivity index (χ3v) is 5.74. The molecule has 0 bridgehead atoms. The van der Waals surface area contributed by atoms with Crippen LogP contribution in [0.1, 0.15) is 50.2 Å². The van der Waals surface area contributed by atoms with E-state index in [9.17, 15) is 0 Å². The Morgan fingerprint density at radius 2 is 2.11 bits per heavy atom. The summed E-state index contributed by atoms with van der Waals surface area (Å²) < 4.78 is 0. The Bertz CT molecular complexity index is 586. The first-order valence-electron chi connectivity index (χ1n) is 10.4. The van der Waals surface area contributed by atoms with Gasteiger partial charge < -0.3 is 15.5 Å². The van der Waals surface area contributed by atoms with Gasteiger partial charge in [0.25, 0.3) is 0 Å². The summed E-state index contributed by atoms with van der Waals surface area (Å²) in [7, 11) is 0. The first kappa shape index (κ1) is 22.4. The van der Waals surface area contributed by atoms with Gasteiger partial charge in [0.1, 0.15) is 0 Å². The molecule has 27 heavy (non-hydrogen) atoms. The van der Waals surface area contributed by atoms with Crippen molar-refractivity contribution in [1.29, 1.82) is 0 Å². The molecule has 1 aliphatic heterocycles. The van der Waals surface area contributed by atoms with Crippen LogP contribution in [0.5, 0.6) is 0 Å². The van der Waals surface area contributed by atoms with E-state index in [1.807, 2.05) is 12.4 Å². The zero-order chi connectivity index (χ0) is 18.2. The van der Waals surface area contributed by atoms with Crippen LogP contribution in [-0.4, -0.2) is 54.6 Å². The highest BCUT2D eigenvalue weighted by molar-refractivity contribution is 14.0. The van der Waals surface area contributed by atoms with Crippen molar-refractivity contribution < 1.29 is 0 Å². The summed E-state index contributed by atoms with van der Waals surface area (Å²) in [6.45, 7) is 9.64. The predicted octanol–water partition coefficient (Wildman–Crippen LogP) is 3.37. The second kappa shape index (κ2) is 11.8. The van der Waals surface area contributed by atoms with Crippen LogP contribution in [0.3, 0.4) is 0 Å².